The highest BCUT2D eigenvalue weighted by atomic mass is 19.4. The van der Waals surface area contributed by atoms with Gasteiger partial charge in [-0.15, -0.1) is 0 Å². The smallest absolute Gasteiger partial charge is 0.439 e. The van der Waals surface area contributed by atoms with Crippen molar-refractivity contribution in [3.63, 3.8) is 0 Å². The molecule has 0 spiro atoms. The summed E-state index contributed by atoms with van der Waals surface area (Å²) in [5, 5.41) is 16.4. The Balaban J connectivity index is 1.91. The number of anilines is 1. The zero-order valence-electron chi connectivity index (χ0n) is 15.1. The van der Waals surface area contributed by atoms with Crippen LogP contribution < -0.4 is 10.1 Å². The number of hydrogen-bond donors (Lipinski definition) is 2. The third-order valence-corrected chi connectivity index (χ3v) is 5.02. The Labute approximate surface area is 159 Å². The number of methoxy groups -OCH3 is 1. The van der Waals surface area contributed by atoms with E-state index in [0.29, 0.717) is 19.3 Å². The predicted molar refractivity (Wildman–Crippen MR) is 93.5 cm³/mol. The van der Waals surface area contributed by atoms with Gasteiger partial charge in [-0.25, -0.2) is 0 Å². The molecule has 2 N–H and O–H groups in total. The number of fused-ring (bicyclic) bond motifs is 1. The van der Waals surface area contributed by atoms with E-state index in [1.54, 1.807) is 12.1 Å². The van der Waals surface area contributed by atoms with Gasteiger partial charge < -0.3 is 15.2 Å². The maximum absolute atomic E-state index is 13.8. The van der Waals surface area contributed by atoms with Crippen LogP contribution in [-0.2, 0) is 9.59 Å². The second kappa shape index (κ2) is 7.42. The van der Waals surface area contributed by atoms with Crippen LogP contribution in [0.3, 0.4) is 0 Å². The summed E-state index contributed by atoms with van der Waals surface area (Å²) in [5.74, 6) is -4.09. The van der Waals surface area contributed by atoms with E-state index < -0.39 is 29.6 Å². The summed E-state index contributed by atoms with van der Waals surface area (Å²) in [6.45, 7) is 0. The number of aliphatic hydroxyl groups is 1. The van der Waals surface area contributed by atoms with Crippen molar-refractivity contribution in [2.24, 2.45) is 11.0 Å². The van der Waals surface area contributed by atoms with Gasteiger partial charge in [-0.1, -0.05) is 25.0 Å². The highest BCUT2D eigenvalue weighted by Crippen LogP contribution is 2.47. The molecule has 0 unspecified atom stereocenters. The predicted octanol–water partition coefficient (Wildman–Crippen LogP) is 2.66. The lowest BCUT2D eigenvalue weighted by Gasteiger charge is -2.36. The molecule has 0 radical (unpaired) electrons. The van der Waals surface area contributed by atoms with Crippen molar-refractivity contribution in [3.05, 3.63) is 24.3 Å². The van der Waals surface area contributed by atoms with Crippen molar-refractivity contribution < 1.29 is 32.6 Å². The Morgan fingerprint density at radius 2 is 2.00 bits per heavy atom. The summed E-state index contributed by atoms with van der Waals surface area (Å²) in [6.07, 6.45) is -3.11. The molecular weight excluding hydrogens is 379 g/mol. The molecule has 0 bridgehead atoms. The minimum absolute atomic E-state index is 0.0345. The van der Waals surface area contributed by atoms with Crippen molar-refractivity contribution in [1.82, 2.24) is 5.01 Å². The summed E-state index contributed by atoms with van der Waals surface area (Å²) in [6, 6.07) is 6.13. The van der Waals surface area contributed by atoms with E-state index in [4.69, 9.17) is 4.74 Å². The van der Waals surface area contributed by atoms with Crippen LogP contribution in [0, 0.1) is 5.92 Å². The molecule has 1 heterocycles. The van der Waals surface area contributed by atoms with Crippen LogP contribution in [0.4, 0.5) is 18.9 Å². The van der Waals surface area contributed by atoms with Crippen LogP contribution in [0.2, 0.25) is 0 Å². The number of hydrogen-bond acceptors (Lipinski definition) is 5. The third kappa shape index (κ3) is 3.32. The van der Waals surface area contributed by atoms with E-state index in [1.165, 1.54) is 19.2 Å². The summed E-state index contributed by atoms with van der Waals surface area (Å²) in [5.41, 5.74) is -3.34. The number of rotatable bonds is 2. The molecule has 152 valence electrons. The van der Waals surface area contributed by atoms with E-state index in [0.717, 1.165) is 0 Å². The molecule has 1 saturated carbocycles. The number of halogens is 3. The fourth-order valence-corrected chi connectivity index (χ4v) is 3.62. The van der Waals surface area contributed by atoms with E-state index in [-0.39, 0.29) is 35.0 Å². The Hall–Kier alpha value is -2.62. The Kier molecular flexibility index (Phi) is 5.33. The van der Waals surface area contributed by atoms with Crippen molar-refractivity contribution in [2.75, 3.05) is 12.4 Å². The van der Waals surface area contributed by atoms with Gasteiger partial charge in [0.15, 0.2) is 0 Å². The minimum atomic E-state index is -5.17. The van der Waals surface area contributed by atoms with Crippen molar-refractivity contribution >= 4 is 23.2 Å². The molecule has 2 amide bonds. The van der Waals surface area contributed by atoms with Gasteiger partial charge in [-0.2, -0.15) is 23.3 Å². The number of benzene rings is 1. The average molecular weight is 399 g/mol. The molecular formula is C18H20F3N3O4. The van der Waals surface area contributed by atoms with Crippen molar-refractivity contribution in [2.45, 2.75) is 44.0 Å². The average Bonchev–Trinajstić information content (AvgIpc) is 2.81. The quantitative estimate of drug-likeness (QED) is 0.748. The zero-order valence-corrected chi connectivity index (χ0v) is 15.1. The fraction of sp³-hybridized carbons (Fsp3) is 0.500. The monoisotopic (exact) mass is 399 g/mol. The van der Waals surface area contributed by atoms with Gasteiger partial charge in [0.1, 0.15) is 5.75 Å². The normalized spacial score (nSPS) is 24.8. The molecule has 0 saturated heterocycles. The molecule has 10 heteroatoms. The van der Waals surface area contributed by atoms with Crippen LogP contribution >= 0.6 is 0 Å². The molecule has 1 aromatic carbocycles. The standard InChI is InChI=1S/C18H20F3N3O4/c1-28-14-10-6-5-9-13(14)22-15(25)16(26)24-17(27,18(19,20)21)11-7-3-2-4-8-12(11)23-24/h5-6,9-11,27H,2-4,7-8H2,1H3,(H,22,25)/t11-,17+/m0/s1. The number of ether oxygens (including phenoxy) is 1. The first-order valence-corrected chi connectivity index (χ1v) is 8.85. The molecule has 2 atom stereocenters. The van der Waals surface area contributed by atoms with Gasteiger partial charge >= 0.3 is 18.0 Å². The molecule has 7 nitrogen and oxygen atoms in total. The second-order valence-corrected chi connectivity index (χ2v) is 6.74. The number of amides is 2. The fourth-order valence-electron chi connectivity index (χ4n) is 3.62. The minimum Gasteiger partial charge on any atom is -0.495 e. The number of carbonyl (C=O) groups excluding carboxylic acids is 2. The number of nitrogens with one attached hydrogen (secondary N) is 1. The largest absolute Gasteiger partial charge is 0.495 e. The second-order valence-electron chi connectivity index (χ2n) is 6.74. The van der Waals surface area contributed by atoms with Gasteiger partial charge in [0.25, 0.3) is 5.72 Å². The highest BCUT2D eigenvalue weighted by molar-refractivity contribution is 6.40. The zero-order chi connectivity index (χ0) is 20.5. The molecule has 0 aromatic heterocycles. The Bertz CT molecular complexity index is 812. The van der Waals surface area contributed by atoms with Gasteiger partial charge in [-0.3, -0.25) is 9.59 Å². The first kappa shape index (κ1) is 20.1. The maximum Gasteiger partial charge on any atom is 0.439 e. The number of para-hydroxylation sites is 2. The Morgan fingerprint density at radius 3 is 2.68 bits per heavy atom. The molecule has 1 aromatic rings. The first-order valence-electron chi connectivity index (χ1n) is 8.85. The number of hydrazone groups is 1. The van der Waals surface area contributed by atoms with Crippen molar-refractivity contribution in [1.29, 1.82) is 0 Å². The van der Waals surface area contributed by atoms with E-state index in [9.17, 15) is 27.9 Å². The van der Waals surface area contributed by atoms with Gasteiger partial charge in [0.05, 0.1) is 18.7 Å². The van der Waals surface area contributed by atoms with Gasteiger partial charge in [0, 0.05) is 5.71 Å². The SMILES string of the molecule is COc1ccccc1NC(=O)C(=O)N1N=C2CCCCC[C@@H]2[C@@]1(O)C(F)(F)F. The van der Waals surface area contributed by atoms with E-state index in [2.05, 4.69) is 10.4 Å². The molecule has 2 aliphatic rings. The summed E-state index contributed by atoms with van der Waals surface area (Å²) < 4.78 is 46.4. The number of carbonyl (C=O) groups is 2. The third-order valence-electron chi connectivity index (χ3n) is 5.02. The molecule has 1 fully saturated rings. The first-order chi connectivity index (χ1) is 13.2. The van der Waals surface area contributed by atoms with Crippen LogP contribution in [0.1, 0.15) is 32.1 Å². The lowest BCUT2D eigenvalue weighted by Crippen LogP contribution is -2.62. The summed E-state index contributed by atoms with van der Waals surface area (Å²) in [7, 11) is 1.34. The summed E-state index contributed by atoms with van der Waals surface area (Å²) >= 11 is 0. The lowest BCUT2D eigenvalue weighted by molar-refractivity contribution is -0.316. The number of nitrogens with zero attached hydrogens (tertiary/aromatic N) is 2. The van der Waals surface area contributed by atoms with Crippen LogP contribution in [0.15, 0.2) is 29.4 Å². The molecule has 3 rings (SSSR count). The molecule has 1 aliphatic carbocycles. The van der Waals surface area contributed by atoms with Gasteiger partial charge in [0.2, 0.25) is 0 Å². The molecule has 1 aliphatic heterocycles. The van der Waals surface area contributed by atoms with Crippen LogP contribution in [0.5, 0.6) is 5.75 Å². The maximum atomic E-state index is 13.8. The van der Waals surface area contributed by atoms with Crippen LogP contribution in [0.25, 0.3) is 0 Å². The topological polar surface area (TPSA) is 91.2 Å². The Morgan fingerprint density at radius 1 is 1.29 bits per heavy atom. The lowest BCUT2D eigenvalue weighted by atomic mass is 9.87. The van der Waals surface area contributed by atoms with E-state index in [1.807, 2.05) is 0 Å². The van der Waals surface area contributed by atoms with E-state index >= 15 is 0 Å². The summed E-state index contributed by atoms with van der Waals surface area (Å²) in [4.78, 5) is 24.9. The van der Waals surface area contributed by atoms with Crippen molar-refractivity contribution in [3.8, 4) is 5.75 Å². The van der Waals surface area contributed by atoms with Gasteiger partial charge in [-0.05, 0) is 31.4 Å². The highest BCUT2D eigenvalue weighted by Gasteiger charge is 2.68. The number of alkyl halides is 3. The molecule has 28 heavy (non-hydrogen) atoms. The van der Waals surface area contributed by atoms with Crippen LogP contribution in [-0.4, -0.2) is 46.7 Å².